The largest absolute Gasteiger partial charge is 0.467 e. The molecule has 0 atom stereocenters. The first-order chi connectivity index (χ1) is 11.0. The SMILES string of the molecule is CS(=O)(=O)N(CCNC(=O)NCc1ccco1)C1CCOCC1. The molecule has 8 nitrogen and oxygen atoms in total. The summed E-state index contributed by atoms with van der Waals surface area (Å²) in [7, 11) is -3.32. The second-order valence-corrected chi connectivity index (χ2v) is 7.34. The Balaban J connectivity index is 1.75. The lowest BCUT2D eigenvalue weighted by molar-refractivity contribution is 0.0589. The standard InChI is InChI=1S/C14H23N3O5S/c1-23(19,20)17(12-4-9-21-10-5-12)7-6-15-14(18)16-11-13-3-2-8-22-13/h2-3,8,12H,4-7,9-11H2,1H3,(H2,15,16,18). The molecule has 1 fully saturated rings. The van der Waals surface area contributed by atoms with E-state index in [1.165, 1.54) is 16.8 Å². The van der Waals surface area contributed by atoms with E-state index in [0.29, 0.717) is 31.8 Å². The van der Waals surface area contributed by atoms with E-state index in [1.807, 2.05) is 0 Å². The average molecular weight is 345 g/mol. The van der Waals surface area contributed by atoms with E-state index in [9.17, 15) is 13.2 Å². The van der Waals surface area contributed by atoms with Crippen molar-refractivity contribution in [3.05, 3.63) is 24.2 Å². The molecule has 130 valence electrons. The number of furan rings is 1. The third-order valence-corrected chi connectivity index (χ3v) is 4.98. The summed E-state index contributed by atoms with van der Waals surface area (Å²) in [6, 6.07) is 3.08. The number of sulfonamides is 1. The van der Waals surface area contributed by atoms with Crippen LogP contribution in [0.2, 0.25) is 0 Å². The predicted octanol–water partition coefficient (Wildman–Crippen LogP) is 0.519. The highest BCUT2D eigenvalue weighted by Crippen LogP contribution is 2.16. The number of carbonyl (C=O) groups is 1. The molecule has 2 rings (SSSR count). The minimum absolute atomic E-state index is 0.0632. The molecule has 2 amide bonds. The van der Waals surface area contributed by atoms with E-state index in [0.717, 1.165) is 0 Å². The second kappa shape index (κ2) is 8.32. The number of hydrogen-bond donors (Lipinski definition) is 2. The van der Waals surface area contributed by atoms with Gasteiger partial charge in [0.25, 0.3) is 0 Å². The average Bonchev–Trinajstić information content (AvgIpc) is 3.02. The van der Waals surface area contributed by atoms with Crippen molar-refractivity contribution in [1.82, 2.24) is 14.9 Å². The summed E-state index contributed by atoms with van der Waals surface area (Å²) in [6.45, 7) is 1.90. The maximum atomic E-state index is 11.9. The fourth-order valence-corrected chi connectivity index (χ4v) is 3.69. The number of nitrogens with zero attached hydrogens (tertiary/aromatic N) is 1. The van der Waals surface area contributed by atoms with E-state index < -0.39 is 10.0 Å². The quantitative estimate of drug-likeness (QED) is 0.750. The second-order valence-electron chi connectivity index (χ2n) is 5.41. The number of carbonyl (C=O) groups excluding carboxylic acids is 1. The Hall–Kier alpha value is -1.58. The highest BCUT2D eigenvalue weighted by molar-refractivity contribution is 7.88. The third-order valence-electron chi connectivity index (χ3n) is 3.65. The van der Waals surface area contributed by atoms with Crippen molar-refractivity contribution in [3.63, 3.8) is 0 Å². The molecule has 2 heterocycles. The lowest BCUT2D eigenvalue weighted by Gasteiger charge is -2.32. The van der Waals surface area contributed by atoms with Crippen LogP contribution in [0.4, 0.5) is 4.79 Å². The Morgan fingerprint density at radius 2 is 2.09 bits per heavy atom. The minimum atomic E-state index is -3.32. The smallest absolute Gasteiger partial charge is 0.315 e. The summed E-state index contributed by atoms with van der Waals surface area (Å²) in [5.41, 5.74) is 0. The van der Waals surface area contributed by atoms with Gasteiger partial charge >= 0.3 is 6.03 Å². The lowest BCUT2D eigenvalue weighted by atomic mass is 10.1. The van der Waals surface area contributed by atoms with Crippen LogP contribution in [-0.2, 0) is 21.3 Å². The van der Waals surface area contributed by atoms with Gasteiger partial charge in [0.15, 0.2) is 0 Å². The first-order valence-electron chi connectivity index (χ1n) is 7.55. The lowest BCUT2D eigenvalue weighted by Crippen LogP contribution is -2.47. The van der Waals surface area contributed by atoms with Gasteiger partial charge in [0.2, 0.25) is 10.0 Å². The maximum absolute atomic E-state index is 11.9. The van der Waals surface area contributed by atoms with Gasteiger partial charge in [0.05, 0.1) is 19.1 Å². The topological polar surface area (TPSA) is 101 Å². The number of hydrogen-bond acceptors (Lipinski definition) is 5. The molecule has 0 saturated carbocycles. The van der Waals surface area contributed by atoms with Gasteiger partial charge in [-0.3, -0.25) is 0 Å². The van der Waals surface area contributed by atoms with Crippen LogP contribution >= 0.6 is 0 Å². The van der Waals surface area contributed by atoms with Crippen molar-refractivity contribution in [3.8, 4) is 0 Å². The van der Waals surface area contributed by atoms with Gasteiger partial charge in [-0.2, -0.15) is 4.31 Å². The first kappa shape index (κ1) is 17.8. The van der Waals surface area contributed by atoms with Crippen LogP contribution in [0.25, 0.3) is 0 Å². The van der Waals surface area contributed by atoms with Crippen molar-refractivity contribution in [2.45, 2.75) is 25.4 Å². The number of rotatable bonds is 7. The maximum Gasteiger partial charge on any atom is 0.315 e. The summed E-state index contributed by atoms with van der Waals surface area (Å²) in [4.78, 5) is 11.7. The third kappa shape index (κ3) is 5.85. The molecule has 1 aliphatic rings. The van der Waals surface area contributed by atoms with Crippen LogP contribution in [0.1, 0.15) is 18.6 Å². The zero-order valence-electron chi connectivity index (χ0n) is 13.2. The van der Waals surface area contributed by atoms with Gasteiger partial charge in [-0.25, -0.2) is 13.2 Å². The Kier molecular flexibility index (Phi) is 6.43. The van der Waals surface area contributed by atoms with Crippen LogP contribution in [0.3, 0.4) is 0 Å². The zero-order valence-corrected chi connectivity index (χ0v) is 14.0. The summed E-state index contributed by atoms with van der Waals surface area (Å²) in [5.74, 6) is 0.653. The Morgan fingerprint density at radius 1 is 1.35 bits per heavy atom. The molecule has 1 saturated heterocycles. The van der Waals surface area contributed by atoms with E-state index in [2.05, 4.69) is 10.6 Å². The molecule has 1 aromatic heterocycles. The summed E-state index contributed by atoms with van der Waals surface area (Å²) < 4.78 is 35.7. The van der Waals surface area contributed by atoms with Crippen LogP contribution in [0.15, 0.2) is 22.8 Å². The zero-order chi connectivity index (χ0) is 16.7. The Morgan fingerprint density at radius 3 is 2.70 bits per heavy atom. The molecule has 1 aromatic rings. The van der Waals surface area contributed by atoms with Gasteiger partial charge in [-0.15, -0.1) is 0 Å². The van der Waals surface area contributed by atoms with Crippen LogP contribution in [0.5, 0.6) is 0 Å². The number of ether oxygens (including phenoxy) is 1. The molecule has 2 N–H and O–H groups in total. The molecule has 0 aliphatic carbocycles. The first-order valence-corrected chi connectivity index (χ1v) is 9.40. The number of urea groups is 1. The minimum Gasteiger partial charge on any atom is -0.467 e. The molecule has 1 aliphatic heterocycles. The van der Waals surface area contributed by atoms with Gasteiger partial charge < -0.3 is 19.8 Å². The summed E-state index contributed by atoms with van der Waals surface area (Å²) >= 11 is 0. The van der Waals surface area contributed by atoms with Gasteiger partial charge in [0, 0.05) is 32.3 Å². The van der Waals surface area contributed by atoms with Crippen molar-refractivity contribution in [2.75, 3.05) is 32.6 Å². The normalized spacial score (nSPS) is 16.4. The monoisotopic (exact) mass is 345 g/mol. The van der Waals surface area contributed by atoms with Crippen LogP contribution in [-0.4, -0.2) is 57.4 Å². The molecular formula is C14H23N3O5S. The molecule has 0 spiro atoms. The molecule has 0 unspecified atom stereocenters. The Bertz CT molecular complexity index is 582. The molecule has 0 aromatic carbocycles. The fourth-order valence-electron chi connectivity index (χ4n) is 2.51. The highest BCUT2D eigenvalue weighted by Gasteiger charge is 2.28. The van der Waals surface area contributed by atoms with Crippen molar-refractivity contribution < 1.29 is 22.4 Å². The van der Waals surface area contributed by atoms with Crippen LogP contribution < -0.4 is 10.6 Å². The van der Waals surface area contributed by atoms with E-state index in [4.69, 9.17) is 9.15 Å². The van der Waals surface area contributed by atoms with E-state index >= 15 is 0 Å². The number of nitrogens with one attached hydrogen (secondary N) is 2. The molecular weight excluding hydrogens is 322 g/mol. The molecule has 0 radical (unpaired) electrons. The number of amides is 2. The van der Waals surface area contributed by atoms with Crippen molar-refractivity contribution >= 4 is 16.1 Å². The van der Waals surface area contributed by atoms with Gasteiger partial charge in [-0.1, -0.05) is 0 Å². The van der Waals surface area contributed by atoms with E-state index in [1.54, 1.807) is 12.1 Å². The van der Waals surface area contributed by atoms with Crippen molar-refractivity contribution in [1.29, 1.82) is 0 Å². The van der Waals surface area contributed by atoms with Crippen molar-refractivity contribution in [2.24, 2.45) is 0 Å². The van der Waals surface area contributed by atoms with E-state index in [-0.39, 0.29) is 31.7 Å². The van der Waals surface area contributed by atoms with Gasteiger partial charge in [0.1, 0.15) is 5.76 Å². The van der Waals surface area contributed by atoms with Gasteiger partial charge in [-0.05, 0) is 25.0 Å². The predicted molar refractivity (Wildman–Crippen MR) is 84.3 cm³/mol. The highest BCUT2D eigenvalue weighted by atomic mass is 32.2. The molecule has 9 heteroatoms. The molecule has 23 heavy (non-hydrogen) atoms. The summed E-state index contributed by atoms with van der Waals surface area (Å²) in [5, 5.41) is 5.30. The Labute approximate surface area is 136 Å². The fraction of sp³-hybridized carbons (Fsp3) is 0.643. The molecule has 0 bridgehead atoms. The summed E-state index contributed by atoms with van der Waals surface area (Å²) in [6.07, 6.45) is 4.09. The van der Waals surface area contributed by atoms with Crippen LogP contribution in [0, 0.1) is 0 Å².